The Morgan fingerprint density at radius 3 is 2.27 bits per heavy atom. The summed E-state index contributed by atoms with van der Waals surface area (Å²) in [5.41, 5.74) is 13.1. The van der Waals surface area contributed by atoms with E-state index in [-0.39, 0.29) is 6.71 Å². The van der Waals surface area contributed by atoms with Crippen LogP contribution in [0, 0.1) is 13.8 Å². The second-order valence-electron chi connectivity index (χ2n) is 10.9. The Morgan fingerprint density at radius 2 is 1.46 bits per heavy atom. The fourth-order valence-corrected chi connectivity index (χ4v) is 6.73. The van der Waals surface area contributed by atoms with Crippen molar-refractivity contribution in [1.29, 1.82) is 0 Å². The number of ether oxygens (including phenoxy) is 1. The van der Waals surface area contributed by atoms with Crippen molar-refractivity contribution >= 4 is 45.0 Å². The third-order valence-electron chi connectivity index (χ3n) is 8.71. The molecule has 2 aromatic heterocycles. The van der Waals surface area contributed by atoms with Gasteiger partial charge in [-0.25, -0.2) is 15.0 Å². The molecule has 2 aliphatic rings. The van der Waals surface area contributed by atoms with Gasteiger partial charge in [-0.2, -0.15) is 0 Å². The average Bonchev–Trinajstić information content (AvgIpc) is 3.44. The van der Waals surface area contributed by atoms with Crippen LogP contribution in [0.5, 0.6) is 11.5 Å². The number of nitrogens with zero attached hydrogens (tertiary/aromatic N) is 4. The third kappa shape index (κ3) is 3.04. The first-order valence-corrected chi connectivity index (χ1v) is 13.9. The van der Waals surface area contributed by atoms with E-state index >= 15 is 0 Å². The number of fused-ring (bicyclic) bond motifs is 6. The maximum absolute atomic E-state index is 6.71. The van der Waals surface area contributed by atoms with Crippen molar-refractivity contribution in [2.45, 2.75) is 13.8 Å². The topological polar surface area (TPSA) is 52.8 Å². The lowest BCUT2D eigenvalue weighted by Crippen LogP contribution is -2.59. The van der Waals surface area contributed by atoms with Crippen LogP contribution >= 0.6 is 0 Å². The Bertz CT molecular complexity index is 2210. The molecule has 0 bridgehead atoms. The Morgan fingerprint density at radius 1 is 0.732 bits per heavy atom. The maximum atomic E-state index is 6.71. The zero-order valence-electron chi connectivity index (χ0n) is 22.6. The van der Waals surface area contributed by atoms with E-state index in [0.29, 0.717) is 5.82 Å². The van der Waals surface area contributed by atoms with Crippen LogP contribution in [0.2, 0.25) is 0 Å². The van der Waals surface area contributed by atoms with Crippen LogP contribution in [0.3, 0.4) is 0 Å². The highest BCUT2D eigenvalue weighted by Gasteiger charge is 2.42. The van der Waals surface area contributed by atoms with E-state index < -0.39 is 0 Å². The molecular weight excluding hydrogens is 503 g/mol. The Kier molecular flexibility index (Phi) is 4.49. The number of aryl methyl sites for hydroxylation is 1. The quantitative estimate of drug-likeness (QED) is 0.265. The first-order chi connectivity index (χ1) is 20.2. The van der Waals surface area contributed by atoms with E-state index in [2.05, 4.69) is 85.1 Å². The summed E-state index contributed by atoms with van der Waals surface area (Å²) in [7, 11) is 0. The number of benzene rings is 5. The lowest BCUT2D eigenvalue weighted by Gasteiger charge is -2.34. The molecule has 9 rings (SSSR count). The minimum Gasteiger partial charge on any atom is -0.458 e. The molecule has 0 fully saturated rings. The van der Waals surface area contributed by atoms with Gasteiger partial charge >= 0.3 is 0 Å². The highest BCUT2D eigenvalue weighted by atomic mass is 16.5. The van der Waals surface area contributed by atoms with E-state index in [9.17, 15) is 0 Å². The standard InChI is InChI=1S/C35H23BN4O/c1-20-17-26-33-29(21(20)2)36-25-15-9-10-16-27(25)41-28-18-24-31(22-11-5-3-6-12-22)38-35(23-13-7-4-8-14-23)39-32(24)34(30(28)36)40(33)19-37-26/h3-19H,1-2H3. The highest BCUT2D eigenvalue weighted by Crippen LogP contribution is 2.40. The SMILES string of the molecule is Cc1cc2ncn3c2c(c1C)B1c2ccccc2Oc2cc4c(-c5ccccc5)nc(-c5ccccc5)nc4c-3c21. The molecule has 0 spiro atoms. The van der Waals surface area contributed by atoms with Crippen molar-refractivity contribution in [1.82, 2.24) is 19.5 Å². The summed E-state index contributed by atoms with van der Waals surface area (Å²) in [6.45, 7) is 4.42. The Balaban J connectivity index is 1.49. The molecule has 2 aliphatic heterocycles. The predicted molar refractivity (Wildman–Crippen MR) is 166 cm³/mol. The van der Waals surface area contributed by atoms with Gasteiger partial charge < -0.3 is 4.74 Å². The molecule has 5 aromatic carbocycles. The fraction of sp³-hybridized carbons (Fsp3) is 0.0571. The second kappa shape index (κ2) is 8.15. The van der Waals surface area contributed by atoms with Gasteiger partial charge in [-0.05, 0) is 54.0 Å². The van der Waals surface area contributed by atoms with Gasteiger partial charge in [-0.3, -0.25) is 4.57 Å². The first-order valence-electron chi connectivity index (χ1n) is 13.9. The summed E-state index contributed by atoms with van der Waals surface area (Å²) >= 11 is 0. The molecule has 7 aromatic rings. The van der Waals surface area contributed by atoms with Crippen molar-refractivity contribution in [3.8, 4) is 39.8 Å². The van der Waals surface area contributed by atoms with Crippen LogP contribution in [0.25, 0.3) is 50.3 Å². The van der Waals surface area contributed by atoms with Crippen LogP contribution in [-0.2, 0) is 0 Å². The molecule has 6 heteroatoms. The smallest absolute Gasteiger partial charge is 0.256 e. The number of aromatic nitrogens is 4. The van der Waals surface area contributed by atoms with Crippen molar-refractivity contribution in [2.24, 2.45) is 0 Å². The Labute approximate surface area is 237 Å². The lowest BCUT2D eigenvalue weighted by atomic mass is 9.33. The molecule has 0 N–H and O–H groups in total. The molecule has 4 heterocycles. The first kappa shape index (κ1) is 22.6. The predicted octanol–water partition coefficient (Wildman–Crippen LogP) is 5.85. The second-order valence-corrected chi connectivity index (χ2v) is 10.9. The van der Waals surface area contributed by atoms with E-state index in [1.165, 1.54) is 22.1 Å². The van der Waals surface area contributed by atoms with Gasteiger partial charge in [-0.15, -0.1) is 0 Å². The highest BCUT2D eigenvalue weighted by molar-refractivity contribution is 6.99. The summed E-state index contributed by atoms with van der Waals surface area (Å²) in [5.74, 6) is 2.43. The molecule has 5 nitrogen and oxygen atoms in total. The zero-order chi connectivity index (χ0) is 27.2. The minimum atomic E-state index is 0.0104. The van der Waals surface area contributed by atoms with Gasteiger partial charge in [-0.1, -0.05) is 84.4 Å². The van der Waals surface area contributed by atoms with Crippen LogP contribution in [-0.4, -0.2) is 26.2 Å². The lowest BCUT2D eigenvalue weighted by molar-refractivity contribution is 0.488. The van der Waals surface area contributed by atoms with Crippen LogP contribution in [0.15, 0.2) is 103 Å². The molecule has 0 aliphatic carbocycles. The molecule has 0 atom stereocenters. The fourth-order valence-electron chi connectivity index (χ4n) is 6.73. The van der Waals surface area contributed by atoms with Crippen molar-refractivity contribution in [3.05, 3.63) is 115 Å². The Hall–Kier alpha value is -5.23. The number of para-hydroxylation sites is 1. The molecule has 0 saturated heterocycles. The monoisotopic (exact) mass is 526 g/mol. The van der Waals surface area contributed by atoms with Gasteiger partial charge in [0.2, 0.25) is 0 Å². The molecule has 0 amide bonds. The average molecular weight is 526 g/mol. The van der Waals surface area contributed by atoms with Crippen LogP contribution in [0.4, 0.5) is 0 Å². The van der Waals surface area contributed by atoms with Gasteiger partial charge in [0.15, 0.2) is 5.82 Å². The van der Waals surface area contributed by atoms with Gasteiger partial charge in [0.05, 0.1) is 27.9 Å². The summed E-state index contributed by atoms with van der Waals surface area (Å²) in [4.78, 5) is 15.4. The number of imidazole rings is 1. The molecule has 0 saturated carbocycles. The molecular formula is C35H23BN4O. The van der Waals surface area contributed by atoms with E-state index in [1.54, 1.807) is 0 Å². The number of rotatable bonds is 2. The van der Waals surface area contributed by atoms with E-state index in [1.807, 2.05) is 36.7 Å². The number of hydrogen-bond acceptors (Lipinski definition) is 4. The van der Waals surface area contributed by atoms with E-state index in [4.69, 9.17) is 19.7 Å². The molecule has 0 radical (unpaired) electrons. The number of hydrogen-bond donors (Lipinski definition) is 0. The summed E-state index contributed by atoms with van der Waals surface area (Å²) < 4.78 is 8.95. The molecule has 192 valence electrons. The normalized spacial score (nSPS) is 12.8. The van der Waals surface area contributed by atoms with Crippen molar-refractivity contribution < 1.29 is 4.74 Å². The summed E-state index contributed by atoms with van der Waals surface area (Å²) in [6.07, 6.45) is 1.95. The minimum absolute atomic E-state index is 0.0104. The van der Waals surface area contributed by atoms with E-state index in [0.717, 1.165) is 61.4 Å². The van der Waals surface area contributed by atoms with Gasteiger partial charge in [0, 0.05) is 16.5 Å². The van der Waals surface area contributed by atoms with Gasteiger partial charge in [0.1, 0.15) is 17.8 Å². The summed E-state index contributed by atoms with van der Waals surface area (Å²) in [6, 6.07) is 33.3. The molecule has 0 unspecified atom stereocenters. The summed E-state index contributed by atoms with van der Waals surface area (Å²) in [5, 5.41) is 0.955. The van der Waals surface area contributed by atoms with Gasteiger partial charge in [0.25, 0.3) is 6.71 Å². The van der Waals surface area contributed by atoms with Crippen molar-refractivity contribution in [2.75, 3.05) is 0 Å². The van der Waals surface area contributed by atoms with Crippen molar-refractivity contribution in [3.63, 3.8) is 0 Å². The maximum Gasteiger partial charge on any atom is 0.256 e. The third-order valence-corrected chi connectivity index (χ3v) is 8.71. The van der Waals surface area contributed by atoms with Crippen LogP contribution < -0.4 is 21.1 Å². The van der Waals surface area contributed by atoms with Crippen LogP contribution in [0.1, 0.15) is 11.1 Å². The molecule has 41 heavy (non-hydrogen) atoms. The zero-order valence-corrected chi connectivity index (χ0v) is 22.6. The largest absolute Gasteiger partial charge is 0.458 e.